The Morgan fingerprint density at radius 1 is 1.12 bits per heavy atom. The van der Waals surface area contributed by atoms with Crippen molar-refractivity contribution in [2.75, 3.05) is 12.4 Å². The molecule has 0 saturated heterocycles. The maximum absolute atomic E-state index is 12.6. The van der Waals surface area contributed by atoms with Crippen LogP contribution in [0.4, 0.5) is 5.69 Å². The van der Waals surface area contributed by atoms with Crippen molar-refractivity contribution in [3.8, 4) is 0 Å². The van der Waals surface area contributed by atoms with Crippen molar-refractivity contribution in [3.63, 3.8) is 0 Å². The van der Waals surface area contributed by atoms with E-state index in [0.717, 1.165) is 5.56 Å². The molecule has 0 aliphatic heterocycles. The summed E-state index contributed by atoms with van der Waals surface area (Å²) in [7, 11) is 1.30. The van der Waals surface area contributed by atoms with Crippen LogP contribution in [0.5, 0.6) is 0 Å². The average Bonchev–Trinajstić information content (AvgIpc) is 2.63. The first-order valence-electron chi connectivity index (χ1n) is 7.48. The molecule has 1 N–H and O–H groups in total. The van der Waals surface area contributed by atoms with Gasteiger partial charge in [-0.3, -0.25) is 9.59 Å². The van der Waals surface area contributed by atoms with Crippen LogP contribution in [0, 0.1) is 0 Å². The highest BCUT2D eigenvalue weighted by Crippen LogP contribution is 2.30. The zero-order chi connectivity index (χ0) is 18.2. The van der Waals surface area contributed by atoms with E-state index in [-0.39, 0.29) is 17.4 Å². The minimum absolute atomic E-state index is 0.0297. The zero-order valence-corrected chi connectivity index (χ0v) is 15.8. The number of ether oxygens (including phenoxy) is 1. The standard InChI is InChI=1S/C18H17Cl2NO3S/c1-24-16(22)10-15(25-11-12-6-3-2-4-7-12)18(23)21-14-9-5-8-13(19)17(14)20/h2-9,15H,10-11H2,1H3,(H,21,23). The lowest BCUT2D eigenvalue weighted by Gasteiger charge is -2.16. The fraction of sp³-hybridized carbons (Fsp3) is 0.222. The number of amides is 1. The third-order valence-electron chi connectivity index (χ3n) is 3.38. The van der Waals surface area contributed by atoms with E-state index < -0.39 is 11.2 Å². The Morgan fingerprint density at radius 2 is 1.84 bits per heavy atom. The molecule has 0 spiro atoms. The fourth-order valence-corrected chi connectivity index (χ4v) is 3.44. The molecular formula is C18H17Cl2NO3S. The van der Waals surface area contributed by atoms with Gasteiger partial charge < -0.3 is 10.1 Å². The quantitative estimate of drug-likeness (QED) is 0.681. The van der Waals surface area contributed by atoms with Crippen LogP contribution in [0.1, 0.15) is 12.0 Å². The van der Waals surface area contributed by atoms with Crippen molar-refractivity contribution in [1.29, 1.82) is 0 Å². The third kappa shape index (κ3) is 5.96. The number of rotatable bonds is 7. The second kappa shape index (κ2) is 9.70. The number of carbonyl (C=O) groups excluding carboxylic acids is 2. The second-order valence-corrected chi connectivity index (χ2v) is 7.13. The summed E-state index contributed by atoms with van der Waals surface area (Å²) in [6.07, 6.45) is -0.0297. The summed E-state index contributed by atoms with van der Waals surface area (Å²) in [6, 6.07) is 14.7. The highest BCUT2D eigenvalue weighted by molar-refractivity contribution is 7.99. The van der Waals surface area contributed by atoms with Gasteiger partial charge in [-0.05, 0) is 17.7 Å². The average molecular weight is 398 g/mol. The zero-order valence-electron chi connectivity index (χ0n) is 13.5. The monoisotopic (exact) mass is 397 g/mol. The molecule has 2 aromatic carbocycles. The summed E-state index contributed by atoms with van der Waals surface area (Å²) in [4.78, 5) is 24.3. The Bertz CT molecular complexity index is 740. The summed E-state index contributed by atoms with van der Waals surface area (Å²) in [6.45, 7) is 0. The van der Waals surface area contributed by atoms with E-state index in [2.05, 4.69) is 5.32 Å². The van der Waals surface area contributed by atoms with Crippen LogP contribution >= 0.6 is 35.0 Å². The first-order valence-corrected chi connectivity index (χ1v) is 9.29. The van der Waals surface area contributed by atoms with Gasteiger partial charge in [0.1, 0.15) is 0 Å². The van der Waals surface area contributed by atoms with E-state index in [0.29, 0.717) is 16.5 Å². The minimum Gasteiger partial charge on any atom is -0.469 e. The fourth-order valence-electron chi connectivity index (χ4n) is 2.05. The summed E-state index contributed by atoms with van der Waals surface area (Å²) < 4.78 is 4.70. The number of anilines is 1. The molecule has 7 heteroatoms. The Morgan fingerprint density at radius 3 is 2.52 bits per heavy atom. The van der Waals surface area contributed by atoms with Gasteiger partial charge in [0.25, 0.3) is 0 Å². The van der Waals surface area contributed by atoms with E-state index in [1.54, 1.807) is 18.2 Å². The molecule has 4 nitrogen and oxygen atoms in total. The van der Waals surface area contributed by atoms with Crippen LogP contribution in [0.15, 0.2) is 48.5 Å². The lowest BCUT2D eigenvalue weighted by Crippen LogP contribution is -2.28. The topological polar surface area (TPSA) is 55.4 Å². The maximum atomic E-state index is 12.6. The van der Waals surface area contributed by atoms with Crippen LogP contribution < -0.4 is 5.32 Å². The molecule has 0 radical (unpaired) electrons. The molecule has 1 atom stereocenters. The lowest BCUT2D eigenvalue weighted by atomic mass is 10.2. The molecule has 0 aromatic heterocycles. The highest BCUT2D eigenvalue weighted by Gasteiger charge is 2.24. The number of halogens is 2. The third-order valence-corrected chi connectivity index (χ3v) is 5.48. The van der Waals surface area contributed by atoms with Crippen molar-refractivity contribution in [2.24, 2.45) is 0 Å². The molecule has 132 valence electrons. The van der Waals surface area contributed by atoms with Gasteiger partial charge in [-0.2, -0.15) is 0 Å². The maximum Gasteiger partial charge on any atom is 0.307 e. The number of esters is 1. The van der Waals surface area contributed by atoms with Gasteiger partial charge in [0, 0.05) is 5.75 Å². The number of thioether (sulfide) groups is 1. The second-order valence-electron chi connectivity index (χ2n) is 5.16. The summed E-state index contributed by atoms with van der Waals surface area (Å²) in [5.74, 6) is -0.174. The lowest BCUT2D eigenvalue weighted by molar-refractivity contribution is -0.141. The number of hydrogen-bond acceptors (Lipinski definition) is 4. The van der Waals surface area contributed by atoms with Crippen molar-refractivity contribution in [2.45, 2.75) is 17.4 Å². The number of methoxy groups -OCH3 is 1. The molecule has 25 heavy (non-hydrogen) atoms. The predicted octanol–water partition coefficient (Wildman–Crippen LogP) is 4.80. The Kier molecular flexibility index (Phi) is 7.62. The van der Waals surface area contributed by atoms with Crippen LogP contribution in [-0.4, -0.2) is 24.2 Å². The minimum atomic E-state index is -0.609. The van der Waals surface area contributed by atoms with E-state index in [1.165, 1.54) is 18.9 Å². The first-order chi connectivity index (χ1) is 12.0. The molecule has 0 bridgehead atoms. The molecule has 0 aliphatic carbocycles. The van der Waals surface area contributed by atoms with E-state index in [1.807, 2.05) is 30.3 Å². The van der Waals surface area contributed by atoms with Gasteiger partial charge in [-0.15, -0.1) is 11.8 Å². The molecule has 2 aromatic rings. The molecule has 1 unspecified atom stereocenters. The van der Waals surface area contributed by atoms with Gasteiger partial charge in [0.15, 0.2) is 0 Å². The van der Waals surface area contributed by atoms with Crippen molar-refractivity contribution in [3.05, 3.63) is 64.1 Å². The normalized spacial score (nSPS) is 11.6. The van der Waals surface area contributed by atoms with Gasteiger partial charge in [0.2, 0.25) is 5.91 Å². The molecule has 0 saturated carbocycles. The van der Waals surface area contributed by atoms with Crippen LogP contribution in [0.2, 0.25) is 10.0 Å². The number of hydrogen-bond donors (Lipinski definition) is 1. The van der Waals surface area contributed by atoms with Gasteiger partial charge >= 0.3 is 5.97 Å². The smallest absolute Gasteiger partial charge is 0.307 e. The Labute approximate surface area is 160 Å². The van der Waals surface area contributed by atoms with Crippen molar-refractivity contribution < 1.29 is 14.3 Å². The Hall–Kier alpha value is -1.69. The highest BCUT2D eigenvalue weighted by atomic mass is 35.5. The molecule has 2 rings (SSSR count). The van der Waals surface area contributed by atoms with Crippen molar-refractivity contribution >= 4 is 52.5 Å². The van der Waals surface area contributed by atoms with Crippen molar-refractivity contribution in [1.82, 2.24) is 0 Å². The summed E-state index contributed by atoms with van der Waals surface area (Å²) in [5, 5.41) is 2.74. The molecule has 1 amide bonds. The molecule has 0 heterocycles. The van der Waals surface area contributed by atoms with Gasteiger partial charge in [-0.1, -0.05) is 59.6 Å². The number of carbonyl (C=O) groups is 2. The number of benzene rings is 2. The van der Waals surface area contributed by atoms with Gasteiger partial charge in [0.05, 0.1) is 34.5 Å². The van der Waals surface area contributed by atoms with Crippen LogP contribution in [0.25, 0.3) is 0 Å². The van der Waals surface area contributed by atoms with E-state index >= 15 is 0 Å². The molecule has 0 fully saturated rings. The first kappa shape index (κ1) is 19.6. The summed E-state index contributed by atoms with van der Waals surface area (Å²) in [5.41, 5.74) is 1.48. The van der Waals surface area contributed by atoms with Gasteiger partial charge in [-0.25, -0.2) is 0 Å². The van der Waals surface area contributed by atoms with E-state index in [9.17, 15) is 9.59 Å². The molecule has 0 aliphatic rings. The largest absolute Gasteiger partial charge is 0.469 e. The number of nitrogens with one attached hydrogen (secondary N) is 1. The van der Waals surface area contributed by atoms with Crippen LogP contribution in [0.3, 0.4) is 0 Å². The Balaban J connectivity index is 2.09. The van der Waals surface area contributed by atoms with Crippen LogP contribution in [-0.2, 0) is 20.1 Å². The molecular weight excluding hydrogens is 381 g/mol. The summed E-state index contributed by atoms with van der Waals surface area (Å²) >= 11 is 13.4. The predicted molar refractivity (Wildman–Crippen MR) is 103 cm³/mol. The SMILES string of the molecule is COC(=O)CC(SCc1ccccc1)C(=O)Nc1cccc(Cl)c1Cl. The van der Waals surface area contributed by atoms with E-state index in [4.69, 9.17) is 27.9 Å².